The fraction of sp³-hybridized carbons (Fsp3) is 0.120. The quantitative estimate of drug-likeness (QED) is 0.345. The molecule has 0 aliphatic heterocycles. The predicted octanol–water partition coefficient (Wildman–Crippen LogP) is 3.61. The van der Waals surface area contributed by atoms with Gasteiger partial charge in [0.25, 0.3) is 5.91 Å². The van der Waals surface area contributed by atoms with Gasteiger partial charge in [0, 0.05) is 17.7 Å². The van der Waals surface area contributed by atoms with Crippen molar-refractivity contribution in [1.82, 2.24) is 5.32 Å². The molecule has 1 N–H and O–H groups in total. The number of ketones is 2. The van der Waals surface area contributed by atoms with Crippen molar-refractivity contribution in [2.24, 2.45) is 0 Å². The molecule has 0 aliphatic carbocycles. The van der Waals surface area contributed by atoms with E-state index in [9.17, 15) is 19.2 Å². The lowest BCUT2D eigenvalue weighted by atomic mass is 10.0. The summed E-state index contributed by atoms with van der Waals surface area (Å²) in [6, 6.07) is 23.2. The molecule has 3 aromatic carbocycles. The molecule has 156 valence electrons. The van der Waals surface area contributed by atoms with Gasteiger partial charge in [-0.25, -0.2) is 4.79 Å². The van der Waals surface area contributed by atoms with Crippen molar-refractivity contribution < 1.29 is 23.9 Å². The second-order valence-electron chi connectivity index (χ2n) is 6.85. The molecule has 6 nitrogen and oxygen atoms in total. The van der Waals surface area contributed by atoms with Crippen LogP contribution in [0.2, 0.25) is 0 Å². The average Bonchev–Trinajstić information content (AvgIpc) is 2.82. The van der Waals surface area contributed by atoms with E-state index in [0.717, 1.165) is 5.56 Å². The highest BCUT2D eigenvalue weighted by Crippen LogP contribution is 2.11. The first-order valence-corrected chi connectivity index (χ1v) is 9.72. The van der Waals surface area contributed by atoms with Crippen LogP contribution in [0.1, 0.15) is 43.6 Å². The number of hydrogen-bond donors (Lipinski definition) is 1. The van der Waals surface area contributed by atoms with Gasteiger partial charge in [0.2, 0.25) is 11.6 Å². The van der Waals surface area contributed by atoms with E-state index in [1.807, 2.05) is 30.3 Å². The Morgan fingerprint density at radius 2 is 1.19 bits per heavy atom. The molecule has 0 fully saturated rings. The summed E-state index contributed by atoms with van der Waals surface area (Å²) >= 11 is 0. The number of nitrogens with one attached hydrogen (secondary N) is 1. The van der Waals surface area contributed by atoms with Crippen molar-refractivity contribution in [2.45, 2.75) is 19.6 Å². The van der Waals surface area contributed by atoms with Crippen LogP contribution in [0.4, 0.5) is 0 Å². The highest BCUT2D eigenvalue weighted by Gasteiger charge is 2.21. The average molecular weight is 415 g/mol. The highest BCUT2D eigenvalue weighted by molar-refractivity contribution is 6.49. The van der Waals surface area contributed by atoms with Crippen molar-refractivity contribution in [1.29, 1.82) is 0 Å². The first-order chi connectivity index (χ1) is 15.0. The molecule has 0 bridgehead atoms. The Labute approximate surface area is 179 Å². The van der Waals surface area contributed by atoms with Crippen molar-refractivity contribution in [2.75, 3.05) is 0 Å². The van der Waals surface area contributed by atoms with Crippen LogP contribution in [-0.2, 0) is 16.1 Å². The number of carbonyl (C=O) groups excluding carboxylic acids is 4. The van der Waals surface area contributed by atoms with E-state index < -0.39 is 29.5 Å². The third-order valence-corrected chi connectivity index (χ3v) is 4.59. The normalized spacial score (nSPS) is 11.3. The largest absolute Gasteiger partial charge is 0.449 e. The van der Waals surface area contributed by atoms with Crippen LogP contribution in [0, 0.1) is 0 Å². The molecule has 0 aromatic heterocycles. The van der Waals surface area contributed by atoms with Crippen molar-refractivity contribution in [3.05, 3.63) is 107 Å². The number of esters is 1. The van der Waals surface area contributed by atoms with Crippen LogP contribution in [-0.4, -0.2) is 29.5 Å². The van der Waals surface area contributed by atoms with Crippen LogP contribution < -0.4 is 5.32 Å². The minimum Gasteiger partial charge on any atom is -0.449 e. The van der Waals surface area contributed by atoms with Gasteiger partial charge in [0.1, 0.15) is 0 Å². The summed E-state index contributed by atoms with van der Waals surface area (Å²) in [6.07, 6.45) is -0.989. The van der Waals surface area contributed by atoms with Gasteiger partial charge in [0.05, 0.1) is 5.56 Å². The Bertz CT molecular complexity index is 1080. The lowest BCUT2D eigenvalue weighted by Gasteiger charge is -2.13. The maximum Gasteiger partial charge on any atom is 0.338 e. The number of ether oxygens (including phenoxy) is 1. The number of benzene rings is 3. The molecular formula is C25H21NO5. The predicted molar refractivity (Wildman–Crippen MR) is 115 cm³/mol. The standard InChI is InChI=1S/C25H21NO5/c1-17(24(29)26-16-18-8-4-2-5-9-18)31-25(30)21-14-12-20(13-15-21)23(28)22(27)19-10-6-3-7-11-19/h2-15,17H,16H2,1H3,(H,26,29)/t17-/m1/s1. The van der Waals surface area contributed by atoms with Gasteiger partial charge in [-0.3, -0.25) is 14.4 Å². The van der Waals surface area contributed by atoms with Gasteiger partial charge >= 0.3 is 5.97 Å². The van der Waals surface area contributed by atoms with Crippen molar-refractivity contribution in [3.63, 3.8) is 0 Å². The number of Topliss-reactive ketones (excluding diaryl/α,β-unsaturated/α-hetero) is 2. The van der Waals surface area contributed by atoms with Crippen molar-refractivity contribution >= 4 is 23.4 Å². The van der Waals surface area contributed by atoms with E-state index in [0.29, 0.717) is 12.1 Å². The monoisotopic (exact) mass is 415 g/mol. The molecule has 0 saturated heterocycles. The molecule has 0 radical (unpaired) electrons. The maximum atomic E-state index is 12.4. The Hall–Kier alpha value is -4.06. The summed E-state index contributed by atoms with van der Waals surface area (Å²) in [7, 11) is 0. The number of hydrogen-bond acceptors (Lipinski definition) is 5. The smallest absolute Gasteiger partial charge is 0.338 e. The molecule has 6 heteroatoms. The van der Waals surface area contributed by atoms with Gasteiger partial charge in [-0.15, -0.1) is 0 Å². The lowest BCUT2D eigenvalue weighted by Crippen LogP contribution is -2.35. The van der Waals surface area contributed by atoms with E-state index in [4.69, 9.17) is 4.74 Å². The van der Waals surface area contributed by atoms with Crippen LogP contribution in [0.25, 0.3) is 0 Å². The number of carbonyl (C=O) groups is 4. The minimum atomic E-state index is -0.989. The van der Waals surface area contributed by atoms with Crippen LogP contribution >= 0.6 is 0 Å². The van der Waals surface area contributed by atoms with Crippen LogP contribution in [0.15, 0.2) is 84.9 Å². The third-order valence-electron chi connectivity index (χ3n) is 4.59. The second kappa shape index (κ2) is 10.1. The molecule has 31 heavy (non-hydrogen) atoms. The molecule has 3 rings (SSSR count). The summed E-state index contributed by atoms with van der Waals surface area (Å²) in [4.78, 5) is 49.1. The summed E-state index contributed by atoms with van der Waals surface area (Å²) < 4.78 is 5.20. The SMILES string of the molecule is C[C@@H](OC(=O)c1ccc(C(=O)C(=O)c2ccccc2)cc1)C(=O)NCc1ccccc1. The lowest BCUT2D eigenvalue weighted by molar-refractivity contribution is -0.129. The number of rotatable bonds is 8. The van der Waals surface area contributed by atoms with Gasteiger partial charge in [-0.1, -0.05) is 72.8 Å². The molecule has 0 unspecified atom stereocenters. The van der Waals surface area contributed by atoms with Crippen molar-refractivity contribution in [3.8, 4) is 0 Å². The van der Waals surface area contributed by atoms with E-state index in [1.54, 1.807) is 30.3 Å². The van der Waals surface area contributed by atoms with E-state index in [2.05, 4.69) is 5.32 Å². The summed E-state index contributed by atoms with van der Waals surface area (Å²) in [5.74, 6) is -2.41. The minimum absolute atomic E-state index is 0.166. The zero-order valence-corrected chi connectivity index (χ0v) is 16.9. The molecule has 0 heterocycles. The van der Waals surface area contributed by atoms with Gasteiger partial charge in [-0.05, 0) is 24.6 Å². The summed E-state index contributed by atoms with van der Waals surface area (Å²) in [5.41, 5.74) is 1.57. The van der Waals surface area contributed by atoms with E-state index in [-0.39, 0.29) is 11.1 Å². The fourth-order valence-electron chi connectivity index (χ4n) is 2.82. The number of amides is 1. The fourth-order valence-corrected chi connectivity index (χ4v) is 2.82. The Kier molecular flexibility index (Phi) is 7.06. The van der Waals surface area contributed by atoms with E-state index in [1.165, 1.54) is 31.2 Å². The zero-order valence-electron chi connectivity index (χ0n) is 16.9. The third kappa shape index (κ3) is 5.73. The van der Waals surface area contributed by atoms with Gasteiger partial charge < -0.3 is 10.1 Å². The molecular weight excluding hydrogens is 394 g/mol. The molecule has 3 aromatic rings. The maximum absolute atomic E-state index is 12.4. The Morgan fingerprint density at radius 1 is 0.710 bits per heavy atom. The topological polar surface area (TPSA) is 89.5 Å². The highest BCUT2D eigenvalue weighted by atomic mass is 16.5. The summed E-state index contributed by atoms with van der Waals surface area (Å²) in [6.45, 7) is 1.81. The first-order valence-electron chi connectivity index (χ1n) is 9.72. The van der Waals surface area contributed by atoms with Gasteiger partial charge in [0.15, 0.2) is 6.10 Å². The molecule has 0 aliphatic rings. The second-order valence-corrected chi connectivity index (χ2v) is 6.85. The Morgan fingerprint density at radius 3 is 1.77 bits per heavy atom. The molecule has 0 spiro atoms. The zero-order chi connectivity index (χ0) is 22.2. The molecule has 1 atom stereocenters. The first kappa shape index (κ1) is 21.6. The van der Waals surface area contributed by atoms with Crippen LogP contribution in [0.5, 0.6) is 0 Å². The van der Waals surface area contributed by atoms with Gasteiger partial charge in [-0.2, -0.15) is 0 Å². The molecule has 1 amide bonds. The van der Waals surface area contributed by atoms with Crippen LogP contribution in [0.3, 0.4) is 0 Å². The van der Waals surface area contributed by atoms with E-state index >= 15 is 0 Å². The molecule has 0 saturated carbocycles. The Balaban J connectivity index is 1.56. The summed E-state index contributed by atoms with van der Waals surface area (Å²) in [5, 5.41) is 2.71.